The molecule has 0 spiro atoms. The van der Waals surface area contributed by atoms with Crippen LogP contribution in [-0.4, -0.2) is 18.1 Å². The molecule has 2 aromatic rings. The van der Waals surface area contributed by atoms with Gasteiger partial charge in [0.15, 0.2) is 11.5 Å². The highest BCUT2D eigenvalue weighted by molar-refractivity contribution is 6.32. The van der Waals surface area contributed by atoms with Crippen molar-refractivity contribution >= 4 is 18.1 Å². The standard InChI is InChI=1S/C18H15N3O2/c1-3-7-17(8-4-1)22-19-13-15-11-12-16(21-15)14-20-23-18-9-5-2-6-10-18/h1-11,13-14H,12H2/b19-13-,20-14?. The number of nitrogens with zero attached hydrogens (tertiary/aromatic N) is 3. The van der Waals surface area contributed by atoms with Gasteiger partial charge in [-0.3, -0.25) is 0 Å². The Bertz CT molecular complexity index is 750. The first kappa shape index (κ1) is 14.7. The molecule has 0 aromatic heterocycles. The molecule has 0 radical (unpaired) electrons. The number of hydrogen-bond donors (Lipinski definition) is 0. The van der Waals surface area contributed by atoms with Gasteiger partial charge in [-0.05, 0) is 24.3 Å². The first-order valence-corrected chi connectivity index (χ1v) is 7.19. The van der Waals surface area contributed by atoms with Crippen LogP contribution in [0, 0.1) is 0 Å². The summed E-state index contributed by atoms with van der Waals surface area (Å²) in [6, 6.07) is 18.7. The van der Waals surface area contributed by atoms with Gasteiger partial charge < -0.3 is 9.68 Å². The molecule has 0 N–H and O–H groups in total. The van der Waals surface area contributed by atoms with Gasteiger partial charge in [0.2, 0.25) is 0 Å². The highest BCUT2D eigenvalue weighted by Gasteiger charge is 2.05. The van der Waals surface area contributed by atoms with Crippen molar-refractivity contribution < 1.29 is 9.68 Å². The van der Waals surface area contributed by atoms with Crippen molar-refractivity contribution in [2.45, 2.75) is 6.42 Å². The zero-order valence-electron chi connectivity index (χ0n) is 12.4. The second-order valence-electron chi connectivity index (χ2n) is 4.71. The predicted octanol–water partition coefficient (Wildman–Crippen LogP) is 3.84. The molecule has 1 heterocycles. The fourth-order valence-corrected chi connectivity index (χ4v) is 1.88. The van der Waals surface area contributed by atoms with E-state index in [1.807, 2.05) is 66.7 Å². The number of hydrogen-bond acceptors (Lipinski definition) is 5. The van der Waals surface area contributed by atoms with Crippen LogP contribution in [0.2, 0.25) is 0 Å². The number of oxime groups is 2. The Balaban J connectivity index is 1.49. The van der Waals surface area contributed by atoms with E-state index in [4.69, 9.17) is 9.68 Å². The van der Waals surface area contributed by atoms with Crippen LogP contribution in [-0.2, 0) is 0 Å². The van der Waals surface area contributed by atoms with Gasteiger partial charge in [-0.2, -0.15) is 0 Å². The Kier molecular flexibility index (Phi) is 4.93. The molecule has 2 aromatic carbocycles. The number of benzene rings is 2. The van der Waals surface area contributed by atoms with Gasteiger partial charge in [0.05, 0.1) is 23.8 Å². The maximum Gasteiger partial charge on any atom is 0.157 e. The summed E-state index contributed by atoms with van der Waals surface area (Å²) in [5.41, 5.74) is 1.55. The zero-order valence-corrected chi connectivity index (χ0v) is 12.4. The van der Waals surface area contributed by atoms with E-state index in [1.54, 1.807) is 12.4 Å². The number of allylic oxidation sites excluding steroid dienone is 2. The van der Waals surface area contributed by atoms with E-state index >= 15 is 0 Å². The summed E-state index contributed by atoms with van der Waals surface area (Å²) in [6.07, 6.45) is 5.81. The third-order valence-electron chi connectivity index (χ3n) is 2.98. The number of aliphatic imine (C=N–C) groups is 1. The molecule has 0 fully saturated rings. The average Bonchev–Trinajstić information content (AvgIpc) is 3.05. The maximum atomic E-state index is 5.25. The van der Waals surface area contributed by atoms with Gasteiger partial charge in [0.25, 0.3) is 0 Å². The Hall–Kier alpha value is -3.21. The molecule has 0 atom stereocenters. The van der Waals surface area contributed by atoms with E-state index in [-0.39, 0.29) is 0 Å². The lowest BCUT2D eigenvalue weighted by molar-refractivity contribution is 0.344. The summed E-state index contributed by atoms with van der Waals surface area (Å²) in [5.74, 6) is 1.37. The second-order valence-corrected chi connectivity index (χ2v) is 4.71. The largest absolute Gasteiger partial charge is 0.357 e. The Morgan fingerprint density at radius 2 is 1.35 bits per heavy atom. The lowest BCUT2D eigenvalue weighted by Crippen LogP contribution is -1.96. The fourth-order valence-electron chi connectivity index (χ4n) is 1.88. The van der Waals surface area contributed by atoms with Crippen LogP contribution in [0.3, 0.4) is 0 Å². The first-order chi connectivity index (χ1) is 11.4. The molecular weight excluding hydrogens is 290 g/mol. The first-order valence-electron chi connectivity index (χ1n) is 7.19. The van der Waals surface area contributed by atoms with Crippen molar-refractivity contribution in [3.8, 4) is 11.5 Å². The molecule has 0 unspecified atom stereocenters. The molecule has 1 aliphatic rings. The van der Waals surface area contributed by atoms with Crippen molar-refractivity contribution in [1.29, 1.82) is 0 Å². The molecule has 5 heteroatoms. The molecule has 0 aliphatic carbocycles. The van der Waals surface area contributed by atoms with E-state index in [9.17, 15) is 0 Å². The molecule has 0 saturated carbocycles. The summed E-state index contributed by atoms with van der Waals surface area (Å²) < 4.78 is 0. The van der Waals surface area contributed by atoms with Crippen LogP contribution in [0.1, 0.15) is 6.42 Å². The minimum absolute atomic E-state index is 0.685. The van der Waals surface area contributed by atoms with Crippen molar-refractivity contribution in [2.75, 3.05) is 0 Å². The number of rotatable bonds is 6. The maximum absolute atomic E-state index is 5.25. The highest BCUT2D eigenvalue weighted by atomic mass is 16.6. The minimum atomic E-state index is 0.685. The van der Waals surface area contributed by atoms with Gasteiger partial charge in [0.1, 0.15) is 0 Å². The van der Waals surface area contributed by atoms with Crippen molar-refractivity contribution in [1.82, 2.24) is 0 Å². The highest BCUT2D eigenvalue weighted by Crippen LogP contribution is 2.11. The lowest BCUT2D eigenvalue weighted by atomic mass is 10.3. The van der Waals surface area contributed by atoms with E-state index in [1.165, 1.54) is 0 Å². The van der Waals surface area contributed by atoms with Gasteiger partial charge in [0, 0.05) is 6.42 Å². The quantitative estimate of drug-likeness (QED) is 0.601. The predicted molar refractivity (Wildman–Crippen MR) is 91.3 cm³/mol. The van der Waals surface area contributed by atoms with Crippen LogP contribution >= 0.6 is 0 Å². The molecule has 0 bridgehead atoms. The van der Waals surface area contributed by atoms with Crippen LogP contribution in [0.15, 0.2) is 87.7 Å². The number of para-hydroxylation sites is 2. The van der Waals surface area contributed by atoms with Crippen molar-refractivity contribution in [2.24, 2.45) is 15.3 Å². The van der Waals surface area contributed by atoms with Crippen LogP contribution < -0.4 is 9.68 Å². The summed E-state index contributed by atoms with van der Waals surface area (Å²) in [7, 11) is 0. The molecule has 0 saturated heterocycles. The fraction of sp³-hybridized carbons (Fsp3) is 0.0556. The Morgan fingerprint density at radius 1 is 0.783 bits per heavy atom. The van der Waals surface area contributed by atoms with Gasteiger partial charge in [-0.1, -0.05) is 52.8 Å². The van der Waals surface area contributed by atoms with E-state index in [0.29, 0.717) is 17.9 Å². The molecule has 1 aliphatic heterocycles. The van der Waals surface area contributed by atoms with Gasteiger partial charge in [-0.15, -0.1) is 0 Å². The second kappa shape index (κ2) is 7.70. The molecule has 5 nitrogen and oxygen atoms in total. The van der Waals surface area contributed by atoms with E-state index in [2.05, 4.69) is 15.3 Å². The topological polar surface area (TPSA) is 55.5 Å². The third-order valence-corrected chi connectivity index (χ3v) is 2.98. The van der Waals surface area contributed by atoms with Crippen molar-refractivity contribution in [3.05, 3.63) is 72.4 Å². The van der Waals surface area contributed by atoms with Crippen LogP contribution in [0.5, 0.6) is 11.5 Å². The summed E-state index contributed by atoms with van der Waals surface area (Å²) in [6.45, 7) is 0. The van der Waals surface area contributed by atoms with E-state index in [0.717, 1.165) is 11.4 Å². The minimum Gasteiger partial charge on any atom is -0.357 e. The SMILES string of the molecule is C(=NOc1ccccc1)C1=NC(/C=N\Oc2ccccc2)=CC1. The van der Waals surface area contributed by atoms with Crippen LogP contribution in [0.4, 0.5) is 0 Å². The summed E-state index contributed by atoms with van der Waals surface area (Å²) >= 11 is 0. The molecule has 114 valence electrons. The molecule has 0 amide bonds. The Morgan fingerprint density at radius 3 is 1.96 bits per heavy atom. The average molecular weight is 305 g/mol. The lowest BCUT2D eigenvalue weighted by Gasteiger charge is -1.96. The smallest absolute Gasteiger partial charge is 0.157 e. The van der Waals surface area contributed by atoms with Crippen molar-refractivity contribution in [3.63, 3.8) is 0 Å². The van der Waals surface area contributed by atoms with Crippen LogP contribution in [0.25, 0.3) is 0 Å². The van der Waals surface area contributed by atoms with Gasteiger partial charge >= 0.3 is 0 Å². The molecule has 23 heavy (non-hydrogen) atoms. The summed E-state index contributed by atoms with van der Waals surface area (Å²) in [4.78, 5) is 14.9. The monoisotopic (exact) mass is 305 g/mol. The normalized spacial score (nSPS) is 14.1. The molecular formula is C18H15N3O2. The Labute approximate surface area is 134 Å². The van der Waals surface area contributed by atoms with Gasteiger partial charge in [-0.25, -0.2) is 4.99 Å². The summed E-state index contributed by atoms with van der Waals surface area (Å²) in [5, 5.41) is 7.83. The zero-order chi connectivity index (χ0) is 15.7. The van der Waals surface area contributed by atoms with E-state index < -0.39 is 0 Å². The molecule has 3 rings (SSSR count). The third kappa shape index (κ3) is 4.64.